The van der Waals surface area contributed by atoms with Gasteiger partial charge in [-0.2, -0.15) is 0 Å². The van der Waals surface area contributed by atoms with Gasteiger partial charge in [0.05, 0.1) is 21.9 Å². The average Bonchev–Trinajstić information content (AvgIpc) is 3.23. The zero-order valence-corrected chi connectivity index (χ0v) is 16.9. The van der Waals surface area contributed by atoms with E-state index in [4.69, 9.17) is 0 Å². The van der Waals surface area contributed by atoms with Gasteiger partial charge in [0, 0.05) is 38.6 Å². The van der Waals surface area contributed by atoms with E-state index < -0.39 is 6.10 Å². The molecule has 1 unspecified atom stereocenters. The van der Waals surface area contributed by atoms with E-state index in [0.717, 1.165) is 48.4 Å². The van der Waals surface area contributed by atoms with E-state index in [1.807, 2.05) is 16.3 Å². The maximum atomic E-state index is 12.9. The Labute approximate surface area is 173 Å². The van der Waals surface area contributed by atoms with Gasteiger partial charge in [0.1, 0.15) is 12.1 Å². The molecule has 2 aliphatic heterocycles. The average molecular weight is 410 g/mol. The van der Waals surface area contributed by atoms with Gasteiger partial charge in [0.2, 0.25) is 0 Å². The van der Waals surface area contributed by atoms with E-state index in [1.54, 1.807) is 42.2 Å². The monoisotopic (exact) mass is 409 g/mol. The number of likely N-dealkylation sites (tertiary alicyclic amines) is 1. The summed E-state index contributed by atoms with van der Waals surface area (Å²) in [5.41, 5.74) is 1.52. The number of amides is 1. The van der Waals surface area contributed by atoms with E-state index in [9.17, 15) is 9.90 Å². The lowest BCUT2D eigenvalue weighted by Gasteiger charge is -2.49. The van der Waals surface area contributed by atoms with Crippen LogP contribution in [0.2, 0.25) is 0 Å². The van der Waals surface area contributed by atoms with Gasteiger partial charge < -0.3 is 14.9 Å². The molecule has 1 spiro atoms. The van der Waals surface area contributed by atoms with E-state index in [2.05, 4.69) is 19.9 Å². The van der Waals surface area contributed by atoms with Crippen LogP contribution in [0.25, 0.3) is 10.2 Å². The summed E-state index contributed by atoms with van der Waals surface area (Å²) in [5, 5.41) is 12.6. The zero-order valence-electron chi connectivity index (χ0n) is 16.1. The van der Waals surface area contributed by atoms with Crippen LogP contribution in [0.3, 0.4) is 0 Å². The minimum atomic E-state index is -0.487. The minimum Gasteiger partial charge on any atom is -0.391 e. The first-order chi connectivity index (χ1) is 14.1. The molecule has 3 aromatic heterocycles. The Bertz CT molecular complexity index is 1020. The molecular weight excluding hydrogens is 386 g/mol. The van der Waals surface area contributed by atoms with Crippen molar-refractivity contribution in [2.45, 2.75) is 25.4 Å². The summed E-state index contributed by atoms with van der Waals surface area (Å²) in [6.07, 6.45) is 7.01. The quantitative estimate of drug-likeness (QED) is 0.701. The number of nitrogens with zero attached hydrogens (tertiary/aromatic N) is 5. The fraction of sp³-hybridized carbons (Fsp3) is 0.429. The second-order valence-electron chi connectivity index (χ2n) is 8.10. The highest BCUT2D eigenvalue weighted by atomic mass is 32.1. The van der Waals surface area contributed by atoms with Crippen LogP contribution in [0.1, 0.15) is 29.6 Å². The molecule has 0 radical (unpaired) electrons. The van der Waals surface area contributed by atoms with Gasteiger partial charge in [-0.15, -0.1) is 11.3 Å². The molecule has 7 nitrogen and oxygen atoms in total. The van der Waals surface area contributed by atoms with E-state index in [1.165, 1.54) is 0 Å². The van der Waals surface area contributed by atoms with Gasteiger partial charge in [-0.25, -0.2) is 9.97 Å². The van der Waals surface area contributed by atoms with Gasteiger partial charge in [-0.1, -0.05) is 0 Å². The molecule has 1 atom stereocenters. The molecule has 1 amide bonds. The summed E-state index contributed by atoms with van der Waals surface area (Å²) in [6.45, 7) is 2.81. The Morgan fingerprint density at radius 3 is 2.90 bits per heavy atom. The van der Waals surface area contributed by atoms with Crippen molar-refractivity contribution in [3.63, 3.8) is 0 Å². The van der Waals surface area contributed by atoms with Gasteiger partial charge in [-0.05, 0) is 48.3 Å². The number of β-amino-alcohol motifs (C(OH)–C–C–N with tert-alkyl or cyclic N) is 1. The predicted octanol–water partition coefficient (Wildman–Crippen LogP) is 2.58. The Balaban J connectivity index is 1.33. The highest BCUT2D eigenvalue weighted by molar-refractivity contribution is 7.17. The summed E-state index contributed by atoms with van der Waals surface area (Å²) in [6, 6.07) is 5.58. The van der Waals surface area contributed by atoms with Gasteiger partial charge in [0.25, 0.3) is 5.91 Å². The lowest BCUT2D eigenvalue weighted by Crippen LogP contribution is -2.55. The van der Waals surface area contributed by atoms with Crippen molar-refractivity contribution in [2.75, 3.05) is 31.1 Å². The Kier molecular flexibility index (Phi) is 4.67. The number of aromatic nitrogens is 3. The van der Waals surface area contributed by atoms with Crippen LogP contribution in [-0.2, 0) is 0 Å². The van der Waals surface area contributed by atoms with Crippen LogP contribution in [0, 0.1) is 5.41 Å². The molecule has 2 saturated heterocycles. The largest absolute Gasteiger partial charge is 0.391 e. The van der Waals surface area contributed by atoms with Crippen LogP contribution in [0.5, 0.6) is 0 Å². The van der Waals surface area contributed by atoms with E-state index in [-0.39, 0.29) is 11.3 Å². The maximum Gasteiger partial charge on any atom is 0.255 e. The smallest absolute Gasteiger partial charge is 0.255 e. The van der Waals surface area contributed by atoms with Gasteiger partial charge in [0.15, 0.2) is 0 Å². The molecule has 0 aliphatic carbocycles. The molecule has 8 heteroatoms. The van der Waals surface area contributed by atoms with Crippen LogP contribution in [-0.4, -0.2) is 63.1 Å². The second kappa shape index (κ2) is 7.35. The lowest BCUT2D eigenvalue weighted by atomic mass is 9.71. The second-order valence-corrected chi connectivity index (χ2v) is 9.02. The predicted molar refractivity (Wildman–Crippen MR) is 112 cm³/mol. The van der Waals surface area contributed by atoms with Crippen molar-refractivity contribution < 1.29 is 9.90 Å². The van der Waals surface area contributed by atoms with Crippen molar-refractivity contribution in [1.82, 2.24) is 19.9 Å². The highest BCUT2D eigenvalue weighted by Crippen LogP contribution is 2.42. The molecule has 0 bridgehead atoms. The third-order valence-corrected chi connectivity index (χ3v) is 7.07. The van der Waals surface area contributed by atoms with Crippen molar-refractivity contribution in [1.29, 1.82) is 0 Å². The van der Waals surface area contributed by atoms with Crippen molar-refractivity contribution in [3.05, 3.63) is 47.9 Å². The van der Waals surface area contributed by atoms with Crippen molar-refractivity contribution >= 4 is 33.3 Å². The Morgan fingerprint density at radius 1 is 1.24 bits per heavy atom. The third-order valence-electron chi connectivity index (χ3n) is 6.17. The number of hydrogen-bond donors (Lipinski definition) is 1. The number of pyridine rings is 1. The molecule has 2 fully saturated rings. The Hall–Kier alpha value is -2.58. The fourth-order valence-electron chi connectivity index (χ4n) is 4.74. The normalized spacial score (nSPS) is 21.6. The standard InChI is InChI=1S/C21H23N5O2S/c27-16-10-21(13-26(12-16)20(28)15-2-1-6-22-11-15)4-7-25(8-5-21)19-18-17(3-9-29-18)23-14-24-19/h1-3,6,9,11,14,16,27H,4-5,7-8,10,12-13H2. The number of carbonyl (C=O) groups is 1. The number of thiophene rings is 1. The number of aliphatic hydroxyl groups excluding tert-OH is 1. The maximum absolute atomic E-state index is 12.9. The number of hydrogen-bond acceptors (Lipinski definition) is 7. The molecule has 2 aliphatic rings. The van der Waals surface area contributed by atoms with E-state index in [0.29, 0.717) is 18.7 Å². The number of aliphatic hydroxyl groups is 1. The zero-order chi connectivity index (χ0) is 19.8. The molecule has 3 aromatic rings. The van der Waals surface area contributed by atoms with Gasteiger partial charge in [-0.3, -0.25) is 9.78 Å². The first-order valence-corrected chi connectivity index (χ1v) is 10.8. The molecule has 150 valence electrons. The number of anilines is 1. The number of piperidine rings is 2. The summed E-state index contributed by atoms with van der Waals surface area (Å²) in [5.74, 6) is 0.953. The van der Waals surface area contributed by atoms with Gasteiger partial charge >= 0.3 is 0 Å². The topological polar surface area (TPSA) is 82.5 Å². The summed E-state index contributed by atoms with van der Waals surface area (Å²) >= 11 is 1.67. The molecule has 29 heavy (non-hydrogen) atoms. The number of rotatable bonds is 2. The van der Waals surface area contributed by atoms with Crippen LogP contribution < -0.4 is 4.90 Å². The summed E-state index contributed by atoms with van der Waals surface area (Å²) < 4.78 is 1.13. The summed E-state index contributed by atoms with van der Waals surface area (Å²) in [4.78, 5) is 30.0. The minimum absolute atomic E-state index is 0.0465. The molecule has 5 heterocycles. The molecule has 0 aromatic carbocycles. The third kappa shape index (κ3) is 3.47. The highest BCUT2D eigenvalue weighted by Gasteiger charge is 2.43. The van der Waals surface area contributed by atoms with Crippen molar-refractivity contribution in [3.8, 4) is 0 Å². The SMILES string of the molecule is O=C(c1cccnc1)N1CC(O)CC2(CCN(c3ncnc4ccsc34)CC2)C1. The number of fused-ring (bicyclic) bond motifs is 1. The molecule has 0 saturated carbocycles. The first-order valence-electron chi connectivity index (χ1n) is 9.94. The van der Waals surface area contributed by atoms with Crippen LogP contribution in [0.15, 0.2) is 42.3 Å². The molecule has 1 N–H and O–H groups in total. The van der Waals surface area contributed by atoms with Crippen LogP contribution >= 0.6 is 11.3 Å². The fourth-order valence-corrected chi connectivity index (χ4v) is 5.60. The number of carbonyl (C=O) groups excluding carboxylic acids is 1. The molecule has 5 rings (SSSR count). The molecular formula is C21H23N5O2S. The van der Waals surface area contributed by atoms with E-state index >= 15 is 0 Å². The van der Waals surface area contributed by atoms with Crippen LogP contribution in [0.4, 0.5) is 5.82 Å². The first kappa shape index (κ1) is 18.4. The Morgan fingerprint density at radius 2 is 2.10 bits per heavy atom. The summed E-state index contributed by atoms with van der Waals surface area (Å²) in [7, 11) is 0. The van der Waals surface area contributed by atoms with Crippen molar-refractivity contribution in [2.24, 2.45) is 5.41 Å². The lowest BCUT2D eigenvalue weighted by molar-refractivity contribution is -0.0150.